The molecule has 1 aromatic carbocycles. The van der Waals surface area contributed by atoms with E-state index in [1.54, 1.807) is 0 Å². The van der Waals surface area contributed by atoms with Crippen LogP contribution in [0.1, 0.15) is 25.2 Å². The summed E-state index contributed by atoms with van der Waals surface area (Å²) in [7, 11) is 0. The molecular formula is C18H21N5OS. The van der Waals surface area contributed by atoms with E-state index in [0.717, 1.165) is 17.1 Å². The monoisotopic (exact) mass is 355 g/mol. The number of fused-ring (bicyclic) bond motifs is 1. The molecular weight excluding hydrogens is 334 g/mol. The smallest absolute Gasteiger partial charge is 0.256 e. The van der Waals surface area contributed by atoms with E-state index in [1.165, 1.54) is 11.8 Å². The number of para-hydroxylation sites is 1. The number of benzene rings is 1. The van der Waals surface area contributed by atoms with Crippen LogP contribution in [0, 0.1) is 13.8 Å². The third-order valence-electron chi connectivity index (χ3n) is 3.81. The van der Waals surface area contributed by atoms with Crippen LogP contribution in [0.3, 0.4) is 0 Å². The van der Waals surface area contributed by atoms with Gasteiger partial charge >= 0.3 is 0 Å². The average Bonchev–Trinajstić information content (AvgIpc) is 2.97. The minimum absolute atomic E-state index is 0.0423. The van der Waals surface area contributed by atoms with Gasteiger partial charge in [-0.05, 0) is 45.9 Å². The first kappa shape index (κ1) is 17.4. The summed E-state index contributed by atoms with van der Waals surface area (Å²) in [6.45, 7) is 7.94. The van der Waals surface area contributed by atoms with Gasteiger partial charge in [-0.3, -0.25) is 9.20 Å². The number of aromatic nitrogens is 4. The summed E-state index contributed by atoms with van der Waals surface area (Å²) in [5.41, 5.74) is 2.81. The lowest BCUT2D eigenvalue weighted by atomic mass is 10.2. The Morgan fingerprint density at radius 2 is 1.92 bits per heavy atom. The second-order valence-corrected chi connectivity index (χ2v) is 7.08. The topological polar surface area (TPSA) is 63.4 Å². The highest BCUT2D eigenvalue weighted by molar-refractivity contribution is 7.99. The molecule has 0 spiro atoms. The summed E-state index contributed by atoms with van der Waals surface area (Å²) >= 11 is 1.38. The molecule has 0 bridgehead atoms. The molecule has 3 rings (SSSR count). The lowest BCUT2D eigenvalue weighted by molar-refractivity contribution is -0.116. The molecule has 0 radical (unpaired) electrons. The summed E-state index contributed by atoms with van der Waals surface area (Å²) in [5, 5.41) is 8.99. The first-order valence-corrected chi connectivity index (χ1v) is 9.15. The lowest BCUT2D eigenvalue weighted by Gasteiger charge is -2.26. The zero-order valence-electron chi connectivity index (χ0n) is 14.8. The number of nitrogens with zero attached hydrogens (tertiary/aromatic N) is 5. The van der Waals surface area contributed by atoms with E-state index in [4.69, 9.17) is 0 Å². The van der Waals surface area contributed by atoms with Crippen LogP contribution in [0.15, 0.2) is 41.6 Å². The van der Waals surface area contributed by atoms with E-state index in [9.17, 15) is 4.79 Å². The molecule has 0 unspecified atom stereocenters. The molecule has 0 saturated heterocycles. The second-order valence-electron chi connectivity index (χ2n) is 6.14. The number of anilines is 1. The Morgan fingerprint density at radius 1 is 1.20 bits per heavy atom. The molecule has 0 saturated carbocycles. The van der Waals surface area contributed by atoms with Gasteiger partial charge in [0.2, 0.25) is 5.91 Å². The first-order chi connectivity index (χ1) is 12.0. The van der Waals surface area contributed by atoms with Crippen LogP contribution in [0.4, 0.5) is 5.69 Å². The summed E-state index contributed by atoms with van der Waals surface area (Å²) in [6.07, 6.45) is 0. The fourth-order valence-corrected chi connectivity index (χ4v) is 3.65. The van der Waals surface area contributed by atoms with Crippen molar-refractivity contribution in [3.63, 3.8) is 0 Å². The zero-order valence-corrected chi connectivity index (χ0v) is 15.6. The Balaban J connectivity index is 1.80. The fraction of sp³-hybridized carbons (Fsp3) is 0.333. The third-order valence-corrected chi connectivity index (χ3v) is 4.72. The molecule has 2 heterocycles. The zero-order chi connectivity index (χ0) is 18.0. The van der Waals surface area contributed by atoms with Crippen molar-refractivity contribution in [2.45, 2.75) is 38.9 Å². The molecule has 6 nitrogen and oxygen atoms in total. The van der Waals surface area contributed by atoms with Gasteiger partial charge in [-0.2, -0.15) is 0 Å². The highest BCUT2D eigenvalue weighted by Crippen LogP contribution is 2.22. The number of amides is 1. The van der Waals surface area contributed by atoms with Crippen molar-refractivity contribution in [2.24, 2.45) is 0 Å². The van der Waals surface area contributed by atoms with E-state index in [1.807, 2.05) is 73.4 Å². The largest absolute Gasteiger partial charge is 0.309 e. The Hall–Kier alpha value is -2.41. The molecule has 0 aliphatic heterocycles. The normalized spacial score (nSPS) is 11.2. The van der Waals surface area contributed by atoms with Gasteiger partial charge in [0.25, 0.3) is 5.78 Å². The highest BCUT2D eigenvalue weighted by Gasteiger charge is 2.20. The number of hydrogen-bond acceptors (Lipinski definition) is 5. The summed E-state index contributed by atoms with van der Waals surface area (Å²) in [6, 6.07) is 11.8. The number of carbonyl (C=O) groups is 1. The number of thioether (sulfide) groups is 1. The Bertz CT molecular complexity index is 891. The highest BCUT2D eigenvalue weighted by atomic mass is 32.2. The van der Waals surface area contributed by atoms with Crippen molar-refractivity contribution in [1.29, 1.82) is 0 Å². The molecule has 0 aliphatic rings. The number of rotatable bonds is 5. The quantitative estimate of drug-likeness (QED) is 0.657. The van der Waals surface area contributed by atoms with E-state index in [-0.39, 0.29) is 11.9 Å². The average molecular weight is 355 g/mol. The molecule has 0 fully saturated rings. The molecule has 0 atom stereocenters. The van der Waals surface area contributed by atoms with Gasteiger partial charge in [0.05, 0.1) is 5.75 Å². The van der Waals surface area contributed by atoms with Crippen LogP contribution in [0.25, 0.3) is 5.78 Å². The van der Waals surface area contributed by atoms with Crippen molar-refractivity contribution < 1.29 is 4.79 Å². The molecule has 130 valence electrons. The lowest BCUT2D eigenvalue weighted by Crippen LogP contribution is -2.38. The predicted octanol–water partition coefficient (Wildman–Crippen LogP) is 3.27. The van der Waals surface area contributed by atoms with Crippen LogP contribution >= 0.6 is 11.8 Å². The van der Waals surface area contributed by atoms with Crippen molar-refractivity contribution >= 4 is 29.1 Å². The molecule has 3 aromatic rings. The van der Waals surface area contributed by atoms with Gasteiger partial charge in [-0.25, -0.2) is 4.98 Å². The summed E-state index contributed by atoms with van der Waals surface area (Å²) in [4.78, 5) is 19.0. The maximum Gasteiger partial charge on any atom is 0.256 e. The van der Waals surface area contributed by atoms with Crippen LogP contribution < -0.4 is 4.90 Å². The van der Waals surface area contributed by atoms with Crippen molar-refractivity contribution in [2.75, 3.05) is 10.7 Å². The molecule has 2 aromatic heterocycles. The summed E-state index contributed by atoms with van der Waals surface area (Å²) < 4.78 is 1.88. The Morgan fingerprint density at radius 3 is 2.60 bits per heavy atom. The fourth-order valence-electron chi connectivity index (χ4n) is 2.81. The van der Waals surface area contributed by atoms with Crippen LogP contribution in [-0.2, 0) is 4.79 Å². The minimum atomic E-state index is 0.0423. The SMILES string of the molecule is Cc1cc(C)n2c(SCC(=O)N(c3ccccc3)C(C)C)nnc2n1. The van der Waals surface area contributed by atoms with Crippen molar-refractivity contribution in [3.05, 3.63) is 47.8 Å². The Kier molecular flexibility index (Phi) is 5.03. The predicted molar refractivity (Wildman–Crippen MR) is 100 cm³/mol. The van der Waals surface area contributed by atoms with Crippen LogP contribution in [-0.4, -0.2) is 37.3 Å². The van der Waals surface area contributed by atoms with Gasteiger partial charge in [0.15, 0.2) is 5.16 Å². The van der Waals surface area contributed by atoms with Crippen LogP contribution in [0.5, 0.6) is 0 Å². The van der Waals surface area contributed by atoms with E-state index in [2.05, 4.69) is 15.2 Å². The molecule has 1 amide bonds. The van der Waals surface area contributed by atoms with Gasteiger partial charge in [-0.1, -0.05) is 30.0 Å². The molecule has 7 heteroatoms. The van der Waals surface area contributed by atoms with Crippen molar-refractivity contribution in [1.82, 2.24) is 19.6 Å². The van der Waals surface area contributed by atoms with E-state index in [0.29, 0.717) is 16.7 Å². The number of aryl methyl sites for hydroxylation is 2. The molecule has 0 N–H and O–H groups in total. The van der Waals surface area contributed by atoms with Gasteiger partial charge < -0.3 is 4.90 Å². The van der Waals surface area contributed by atoms with Crippen molar-refractivity contribution in [3.8, 4) is 0 Å². The standard InChI is InChI=1S/C18H21N5OS/c1-12(2)22(15-8-6-5-7-9-15)16(24)11-25-18-21-20-17-19-13(3)10-14(4)23(17)18/h5-10,12H,11H2,1-4H3. The maximum atomic E-state index is 12.8. The van der Waals surface area contributed by atoms with E-state index < -0.39 is 0 Å². The second kappa shape index (κ2) is 7.23. The molecule has 0 aliphatic carbocycles. The third kappa shape index (κ3) is 3.66. The Labute approximate surface area is 151 Å². The first-order valence-electron chi connectivity index (χ1n) is 8.16. The van der Waals surface area contributed by atoms with Crippen LogP contribution in [0.2, 0.25) is 0 Å². The maximum absolute atomic E-state index is 12.8. The van der Waals surface area contributed by atoms with Gasteiger partial charge in [-0.15, -0.1) is 10.2 Å². The van der Waals surface area contributed by atoms with Gasteiger partial charge in [0.1, 0.15) is 0 Å². The van der Waals surface area contributed by atoms with E-state index >= 15 is 0 Å². The minimum Gasteiger partial charge on any atom is -0.309 e. The number of hydrogen-bond donors (Lipinski definition) is 0. The summed E-state index contributed by atoms with van der Waals surface area (Å²) in [5.74, 6) is 0.901. The van der Waals surface area contributed by atoms with Gasteiger partial charge in [0, 0.05) is 23.1 Å². The number of carbonyl (C=O) groups excluding carboxylic acids is 1. The molecule has 25 heavy (non-hydrogen) atoms.